The monoisotopic (exact) mass is 432 g/mol. The van der Waals surface area contributed by atoms with E-state index in [1.54, 1.807) is 24.3 Å². The van der Waals surface area contributed by atoms with Gasteiger partial charge in [0.05, 0.1) is 6.54 Å². The molecular formula is C19H15ClF2N6O2. The molecule has 154 valence electrons. The number of ether oxygens (including phenoxy) is 1. The zero-order chi connectivity index (χ0) is 21.1. The first-order chi connectivity index (χ1) is 14.5. The molecule has 8 nitrogen and oxygen atoms in total. The van der Waals surface area contributed by atoms with E-state index in [-0.39, 0.29) is 12.3 Å². The highest BCUT2D eigenvalue weighted by atomic mass is 35.5. The number of halogens is 3. The molecule has 2 aromatic carbocycles. The van der Waals surface area contributed by atoms with Crippen LogP contribution in [-0.2, 0) is 12.1 Å². The number of aliphatic hydroxyl groups is 1. The minimum Gasteiger partial charge on any atom is -0.462 e. The summed E-state index contributed by atoms with van der Waals surface area (Å²) in [5.74, 6) is -1.96. The van der Waals surface area contributed by atoms with Crippen molar-refractivity contribution in [2.24, 2.45) is 0 Å². The molecule has 0 fully saturated rings. The van der Waals surface area contributed by atoms with E-state index in [0.29, 0.717) is 16.7 Å². The van der Waals surface area contributed by atoms with Crippen molar-refractivity contribution < 1.29 is 18.6 Å². The van der Waals surface area contributed by atoms with Gasteiger partial charge in [-0.05, 0) is 29.8 Å². The van der Waals surface area contributed by atoms with Crippen LogP contribution >= 0.6 is 11.6 Å². The number of rotatable bonds is 7. The number of hydrogen-bond acceptors (Lipinski definition) is 6. The maximum Gasteiger partial charge on any atom is 0.227 e. The molecule has 0 aliphatic heterocycles. The molecule has 2 aromatic heterocycles. The van der Waals surface area contributed by atoms with E-state index < -0.39 is 23.5 Å². The molecule has 0 saturated heterocycles. The number of aromatic nitrogens is 6. The molecule has 0 bridgehead atoms. The zero-order valence-electron chi connectivity index (χ0n) is 15.3. The third kappa shape index (κ3) is 4.00. The van der Waals surface area contributed by atoms with Crippen molar-refractivity contribution in [3.05, 3.63) is 90.0 Å². The lowest BCUT2D eigenvalue weighted by molar-refractivity contribution is -0.123. The molecule has 2 atom stereocenters. The molecule has 0 aliphatic rings. The Hall–Kier alpha value is -3.37. The van der Waals surface area contributed by atoms with Gasteiger partial charge in [-0.3, -0.25) is 0 Å². The lowest BCUT2D eigenvalue weighted by Gasteiger charge is -2.36. The zero-order valence-corrected chi connectivity index (χ0v) is 16.1. The Labute approximate surface area is 174 Å². The van der Waals surface area contributed by atoms with E-state index in [1.165, 1.54) is 34.7 Å². The normalized spacial score (nSPS) is 14.3. The summed E-state index contributed by atoms with van der Waals surface area (Å²) in [5, 5.41) is 20.4. The second kappa shape index (κ2) is 8.17. The molecular weight excluding hydrogens is 418 g/mol. The topological polar surface area (TPSA) is 90.9 Å². The Kier molecular flexibility index (Phi) is 5.42. The van der Waals surface area contributed by atoms with Crippen LogP contribution < -0.4 is 4.74 Å². The molecule has 2 unspecified atom stereocenters. The van der Waals surface area contributed by atoms with Crippen molar-refractivity contribution in [3.63, 3.8) is 0 Å². The highest BCUT2D eigenvalue weighted by Crippen LogP contribution is 2.37. The van der Waals surface area contributed by atoms with Crippen LogP contribution in [0.4, 0.5) is 8.78 Å². The number of nitrogens with zero attached hydrogens (tertiary/aromatic N) is 6. The Morgan fingerprint density at radius 1 is 1.03 bits per heavy atom. The van der Waals surface area contributed by atoms with E-state index >= 15 is 0 Å². The molecule has 4 rings (SSSR count). The number of hydrogen-bond donors (Lipinski definition) is 1. The summed E-state index contributed by atoms with van der Waals surface area (Å²) in [4.78, 5) is 7.78. The van der Waals surface area contributed by atoms with Crippen LogP contribution in [-0.4, -0.2) is 34.6 Å². The SMILES string of the molecule is OC(Cn1cncn1)(c1ccc(Cl)cc1)C(Oc1ccc(F)cc1F)n1cncn1. The Bertz CT molecular complexity index is 1110. The molecule has 30 heavy (non-hydrogen) atoms. The third-order valence-electron chi connectivity index (χ3n) is 4.43. The molecule has 0 amide bonds. The fourth-order valence-electron chi connectivity index (χ4n) is 3.01. The van der Waals surface area contributed by atoms with Gasteiger partial charge in [0.25, 0.3) is 0 Å². The van der Waals surface area contributed by atoms with Gasteiger partial charge in [0.2, 0.25) is 6.23 Å². The molecule has 2 heterocycles. The van der Waals surface area contributed by atoms with Crippen LogP contribution in [0, 0.1) is 11.6 Å². The largest absolute Gasteiger partial charge is 0.462 e. The highest BCUT2D eigenvalue weighted by molar-refractivity contribution is 6.30. The smallest absolute Gasteiger partial charge is 0.227 e. The Morgan fingerprint density at radius 3 is 2.40 bits per heavy atom. The highest BCUT2D eigenvalue weighted by Gasteiger charge is 2.44. The van der Waals surface area contributed by atoms with Gasteiger partial charge in [-0.25, -0.2) is 28.1 Å². The maximum atomic E-state index is 14.3. The van der Waals surface area contributed by atoms with Crippen molar-refractivity contribution in [1.29, 1.82) is 0 Å². The standard InChI is InChI=1S/C19H15ClF2N6O2/c20-14-3-1-13(2-4-14)19(29,8-27-11-23-9-25-27)18(28-12-24-10-26-28)30-17-6-5-15(21)7-16(17)22/h1-7,9-12,18,29H,8H2. The lowest BCUT2D eigenvalue weighted by atomic mass is 9.91. The van der Waals surface area contributed by atoms with E-state index in [2.05, 4.69) is 20.2 Å². The van der Waals surface area contributed by atoms with E-state index in [0.717, 1.165) is 12.1 Å². The van der Waals surface area contributed by atoms with Crippen LogP contribution in [0.25, 0.3) is 0 Å². The first-order valence-corrected chi connectivity index (χ1v) is 9.10. The first-order valence-electron chi connectivity index (χ1n) is 8.72. The van der Waals surface area contributed by atoms with Crippen molar-refractivity contribution in [1.82, 2.24) is 29.5 Å². The van der Waals surface area contributed by atoms with Gasteiger partial charge in [-0.1, -0.05) is 23.7 Å². The average Bonchev–Trinajstić information content (AvgIpc) is 3.42. The average molecular weight is 433 g/mol. The Morgan fingerprint density at radius 2 is 1.77 bits per heavy atom. The number of benzene rings is 2. The quantitative estimate of drug-likeness (QED) is 0.483. The summed E-state index contributed by atoms with van der Waals surface area (Å²) >= 11 is 6.00. The summed E-state index contributed by atoms with van der Waals surface area (Å²) in [6.45, 7) is -0.123. The summed E-state index contributed by atoms with van der Waals surface area (Å²) in [5.41, 5.74) is -1.43. The van der Waals surface area contributed by atoms with Crippen molar-refractivity contribution in [2.45, 2.75) is 18.4 Å². The fraction of sp³-hybridized carbons (Fsp3) is 0.158. The Balaban J connectivity index is 1.83. The van der Waals surface area contributed by atoms with E-state index in [9.17, 15) is 13.9 Å². The summed E-state index contributed by atoms with van der Waals surface area (Å²) in [6, 6.07) is 9.27. The maximum absolute atomic E-state index is 14.3. The lowest BCUT2D eigenvalue weighted by Crippen LogP contribution is -2.44. The molecule has 0 radical (unpaired) electrons. The van der Waals surface area contributed by atoms with Crippen LogP contribution in [0.1, 0.15) is 11.8 Å². The molecule has 11 heteroatoms. The van der Waals surface area contributed by atoms with Gasteiger partial charge in [0.1, 0.15) is 31.1 Å². The predicted octanol–water partition coefficient (Wildman–Crippen LogP) is 2.97. The second-order valence-electron chi connectivity index (χ2n) is 6.44. The van der Waals surface area contributed by atoms with Gasteiger partial charge >= 0.3 is 0 Å². The molecule has 0 spiro atoms. The van der Waals surface area contributed by atoms with Crippen LogP contribution in [0.3, 0.4) is 0 Å². The minimum absolute atomic E-state index is 0.123. The van der Waals surface area contributed by atoms with Gasteiger partial charge in [0, 0.05) is 11.1 Å². The van der Waals surface area contributed by atoms with E-state index in [4.69, 9.17) is 16.3 Å². The third-order valence-corrected chi connectivity index (χ3v) is 4.68. The van der Waals surface area contributed by atoms with E-state index in [1.807, 2.05) is 0 Å². The second-order valence-corrected chi connectivity index (χ2v) is 6.88. The fourth-order valence-corrected chi connectivity index (χ4v) is 3.14. The molecule has 4 aromatic rings. The summed E-state index contributed by atoms with van der Waals surface area (Å²) in [6.07, 6.45) is 3.99. The van der Waals surface area contributed by atoms with Gasteiger partial charge in [-0.15, -0.1) is 0 Å². The van der Waals surface area contributed by atoms with Crippen LogP contribution in [0.2, 0.25) is 5.02 Å². The molecule has 0 saturated carbocycles. The van der Waals surface area contributed by atoms with Gasteiger partial charge in [0.15, 0.2) is 17.2 Å². The van der Waals surface area contributed by atoms with Crippen molar-refractivity contribution >= 4 is 11.6 Å². The predicted molar refractivity (Wildman–Crippen MR) is 101 cm³/mol. The van der Waals surface area contributed by atoms with Crippen molar-refractivity contribution in [3.8, 4) is 5.75 Å². The summed E-state index contributed by atoms with van der Waals surface area (Å²) in [7, 11) is 0. The van der Waals surface area contributed by atoms with Crippen LogP contribution in [0.5, 0.6) is 5.75 Å². The molecule has 0 aliphatic carbocycles. The van der Waals surface area contributed by atoms with Crippen molar-refractivity contribution in [2.75, 3.05) is 0 Å². The molecule has 1 N–H and O–H groups in total. The van der Waals surface area contributed by atoms with Gasteiger partial charge < -0.3 is 9.84 Å². The first kappa shape index (κ1) is 19.9. The van der Waals surface area contributed by atoms with Gasteiger partial charge in [-0.2, -0.15) is 10.2 Å². The summed E-state index contributed by atoms with van der Waals surface area (Å²) < 4.78 is 36.1. The minimum atomic E-state index is -1.83. The van der Waals surface area contributed by atoms with Crippen LogP contribution in [0.15, 0.2) is 67.8 Å².